The third-order valence-corrected chi connectivity index (χ3v) is 6.59. The fourth-order valence-corrected chi connectivity index (χ4v) is 5.10. The zero-order valence-corrected chi connectivity index (χ0v) is 19.8. The number of rotatable bonds is 5. The molecule has 2 aromatic carbocycles. The summed E-state index contributed by atoms with van der Waals surface area (Å²) < 4.78 is 17.1. The van der Waals surface area contributed by atoms with Gasteiger partial charge in [-0.2, -0.15) is 0 Å². The number of hydrogen-bond donors (Lipinski definition) is 1. The molecule has 2 aliphatic rings. The van der Waals surface area contributed by atoms with Crippen LogP contribution in [0.3, 0.4) is 0 Å². The number of methoxy groups -OCH3 is 3. The summed E-state index contributed by atoms with van der Waals surface area (Å²) in [6.07, 6.45) is 4.69. The van der Waals surface area contributed by atoms with Crippen LogP contribution in [0, 0.1) is 0 Å². The lowest BCUT2D eigenvalue weighted by atomic mass is 9.95. The second kappa shape index (κ2) is 9.73. The highest BCUT2D eigenvalue weighted by Crippen LogP contribution is 2.50. The SMILES string of the molecule is COc1cc2c(c(OC)c1OC)-c1ccc(N3CCCCC3)c(=O)cc1C(NC(C)=O)CC2. The number of piperidine rings is 1. The highest BCUT2D eigenvalue weighted by atomic mass is 16.5. The van der Waals surface area contributed by atoms with Gasteiger partial charge in [-0.25, -0.2) is 0 Å². The van der Waals surface area contributed by atoms with E-state index in [1.807, 2.05) is 18.2 Å². The normalized spacial score (nSPS) is 17.3. The number of benzene rings is 1. The Morgan fingerprint density at radius 2 is 1.73 bits per heavy atom. The van der Waals surface area contributed by atoms with Crippen LogP contribution < -0.4 is 29.9 Å². The van der Waals surface area contributed by atoms with Crippen LogP contribution in [-0.2, 0) is 11.2 Å². The van der Waals surface area contributed by atoms with E-state index in [0.717, 1.165) is 48.2 Å². The number of amides is 1. The molecule has 1 saturated heterocycles. The molecular formula is C26H32N2O5. The maximum absolute atomic E-state index is 13.4. The lowest BCUT2D eigenvalue weighted by Gasteiger charge is -2.27. The summed E-state index contributed by atoms with van der Waals surface area (Å²) in [4.78, 5) is 27.6. The number of anilines is 1. The van der Waals surface area contributed by atoms with Gasteiger partial charge in [-0.05, 0) is 67.0 Å². The summed E-state index contributed by atoms with van der Waals surface area (Å²) in [5.41, 5.74) is 4.22. The molecule has 1 aliphatic carbocycles. The molecule has 33 heavy (non-hydrogen) atoms. The van der Waals surface area contributed by atoms with Crippen LogP contribution in [0.25, 0.3) is 11.1 Å². The van der Waals surface area contributed by atoms with Gasteiger partial charge in [0.25, 0.3) is 0 Å². The lowest BCUT2D eigenvalue weighted by molar-refractivity contribution is -0.119. The molecule has 2 aromatic rings. The quantitative estimate of drug-likeness (QED) is 0.743. The average Bonchev–Trinajstić information content (AvgIpc) is 3.07. The van der Waals surface area contributed by atoms with Gasteiger partial charge in [-0.15, -0.1) is 0 Å². The minimum Gasteiger partial charge on any atom is -0.493 e. The van der Waals surface area contributed by atoms with Gasteiger partial charge in [0.15, 0.2) is 11.5 Å². The molecule has 176 valence electrons. The van der Waals surface area contributed by atoms with Crippen molar-refractivity contribution in [2.45, 2.75) is 45.1 Å². The first-order valence-electron chi connectivity index (χ1n) is 11.5. The van der Waals surface area contributed by atoms with Crippen molar-refractivity contribution in [3.8, 4) is 28.4 Å². The molecule has 1 heterocycles. The van der Waals surface area contributed by atoms with Crippen LogP contribution in [0.4, 0.5) is 5.69 Å². The largest absolute Gasteiger partial charge is 0.493 e. The molecule has 1 aliphatic heterocycles. The molecule has 0 aromatic heterocycles. The fourth-order valence-electron chi connectivity index (χ4n) is 5.10. The molecule has 0 radical (unpaired) electrons. The monoisotopic (exact) mass is 452 g/mol. The third kappa shape index (κ3) is 4.36. The summed E-state index contributed by atoms with van der Waals surface area (Å²) in [7, 11) is 4.79. The van der Waals surface area contributed by atoms with Crippen molar-refractivity contribution in [2.75, 3.05) is 39.3 Å². The first-order valence-corrected chi connectivity index (χ1v) is 11.5. The molecule has 0 bridgehead atoms. The van der Waals surface area contributed by atoms with Gasteiger partial charge < -0.3 is 24.4 Å². The first kappa shape index (κ1) is 23.0. The van der Waals surface area contributed by atoms with Crippen LogP contribution in [0.15, 0.2) is 29.1 Å². The maximum Gasteiger partial charge on any atom is 0.217 e. The van der Waals surface area contributed by atoms with E-state index in [9.17, 15) is 9.59 Å². The third-order valence-electron chi connectivity index (χ3n) is 6.59. The molecule has 7 heteroatoms. The van der Waals surface area contributed by atoms with Gasteiger partial charge >= 0.3 is 0 Å². The maximum atomic E-state index is 13.4. The predicted octanol–water partition coefficient (Wildman–Crippen LogP) is 3.85. The highest BCUT2D eigenvalue weighted by Gasteiger charge is 2.29. The highest BCUT2D eigenvalue weighted by molar-refractivity contribution is 5.83. The van der Waals surface area contributed by atoms with Crippen LogP contribution in [0.1, 0.15) is 49.8 Å². The van der Waals surface area contributed by atoms with E-state index in [4.69, 9.17) is 14.2 Å². The van der Waals surface area contributed by atoms with Crippen LogP contribution in [0.5, 0.6) is 17.2 Å². The molecule has 1 atom stereocenters. The second-order valence-corrected chi connectivity index (χ2v) is 8.62. The van der Waals surface area contributed by atoms with E-state index >= 15 is 0 Å². The molecule has 1 fully saturated rings. The standard InChI is InChI=1S/C26H32N2O5/c1-16(29)27-20-10-8-17-14-23(31-2)25(32-3)26(33-4)24(17)18-9-11-21(22(30)15-19(18)20)28-12-6-5-7-13-28/h9,11,14-15,20H,5-8,10,12-13H2,1-4H3,(H,27,29). The molecule has 1 unspecified atom stereocenters. The van der Waals surface area contributed by atoms with Crippen molar-refractivity contribution < 1.29 is 19.0 Å². The van der Waals surface area contributed by atoms with Crippen molar-refractivity contribution in [1.29, 1.82) is 0 Å². The van der Waals surface area contributed by atoms with Crippen molar-refractivity contribution in [1.82, 2.24) is 5.32 Å². The number of aryl methyl sites for hydroxylation is 1. The molecule has 1 amide bonds. The van der Waals surface area contributed by atoms with Crippen LogP contribution in [0.2, 0.25) is 0 Å². The van der Waals surface area contributed by atoms with Gasteiger partial charge in [-0.1, -0.05) is 6.07 Å². The zero-order valence-electron chi connectivity index (χ0n) is 19.8. The number of carbonyl (C=O) groups excluding carboxylic acids is 1. The molecular weight excluding hydrogens is 420 g/mol. The molecule has 4 rings (SSSR count). The Morgan fingerprint density at radius 3 is 2.36 bits per heavy atom. The Hall–Kier alpha value is -3.22. The Kier molecular flexibility index (Phi) is 6.77. The minimum atomic E-state index is -0.291. The van der Waals surface area contributed by atoms with Crippen molar-refractivity contribution >= 4 is 11.6 Å². The molecule has 0 spiro atoms. The second-order valence-electron chi connectivity index (χ2n) is 8.62. The van der Waals surface area contributed by atoms with Crippen molar-refractivity contribution in [3.63, 3.8) is 0 Å². The molecule has 7 nitrogen and oxygen atoms in total. The number of nitrogens with one attached hydrogen (secondary N) is 1. The van der Waals surface area contributed by atoms with Gasteiger partial charge in [0.1, 0.15) is 0 Å². The van der Waals surface area contributed by atoms with E-state index in [0.29, 0.717) is 35.8 Å². The number of ether oxygens (including phenoxy) is 3. The Balaban J connectivity index is 2.00. The van der Waals surface area contributed by atoms with E-state index in [1.54, 1.807) is 27.4 Å². The van der Waals surface area contributed by atoms with E-state index in [2.05, 4.69) is 10.2 Å². The number of fused-ring (bicyclic) bond motifs is 3. The van der Waals surface area contributed by atoms with Gasteiger partial charge in [0, 0.05) is 25.6 Å². The Bertz CT molecular complexity index is 1110. The fraction of sp³-hybridized carbons (Fsp3) is 0.462. The van der Waals surface area contributed by atoms with Gasteiger partial charge in [-0.3, -0.25) is 9.59 Å². The lowest BCUT2D eigenvalue weighted by Crippen LogP contribution is -2.32. The summed E-state index contributed by atoms with van der Waals surface area (Å²) in [6, 6.07) is 7.29. The summed E-state index contributed by atoms with van der Waals surface area (Å²) in [6.45, 7) is 3.26. The molecule has 1 N–H and O–H groups in total. The van der Waals surface area contributed by atoms with Crippen molar-refractivity contribution in [3.05, 3.63) is 45.6 Å². The first-order chi connectivity index (χ1) is 16.0. The predicted molar refractivity (Wildman–Crippen MR) is 129 cm³/mol. The number of hydrogen-bond acceptors (Lipinski definition) is 6. The van der Waals surface area contributed by atoms with E-state index in [1.165, 1.54) is 13.3 Å². The number of nitrogens with zero attached hydrogens (tertiary/aromatic N) is 1. The summed E-state index contributed by atoms with van der Waals surface area (Å²) in [5, 5.41) is 3.05. The Labute approximate surface area is 194 Å². The summed E-state index contributed by atoms with van der Waals surface area (Å²) >= 11 is 0. The number of carbonyl (C=O) groups is 1. The van der Waals surface area contributed by atoms with Crippen molar-refractivity contribution in [2.24, 2.45) is 0 Å². The van der Waals surface area contributed by atoms with E-state index < -0.39 is 0 Å². The molecule has 0 saturated carbocycles. The van der Waals surface area contributed by atoms with Crippen LogP contribution >= 0.6 is 0 Å². The smallest absolute Gasteiger partial charge is 0.217 e. The van der Waals surface area contributed by atoms with Crippen LogP contribution in [-0.4, -0.2) is 40.3 Å². The topological polar surface area (TPSA) is 77.1 Å². The van der Waals surface area contributed by atoms with Gasteiger partial charge in [0.05, 0.1) is 33.1 Å². The average molecular weight is 453 g/mol. The van der Waals surface area contributed by atoms with Gasteiger partial charge in [0.2, 0.25) is 17.1 Å². The van der Waals surface area contributed by atoms with E-state index in [-0.39, 0.29) is 17.4 Å². The Morgan fingerprint density at radius 1 is 1.00 bits per heavy atom. The minimum absolute atomic E-state index is 0.0311. The summed E-state index contributed by atoms with van der Waals surface area (Å²) in [5.74, 6) is 1.53. The zero-order chi connectivity index (χ0) is 23.5.